The van der Waals surface area contributed by atoms with Crippen molar-refractivity contribution in [3.05, 3.63) is 64.7 Å². The van der Waals surface area contributed by atoms with E-state index in [9.17, 15) is 0 Å². The third-order valence-corrected chi connectivity index (χ3v) is 4.12. The lowest BCUT2D eigenvalue weighted by molar-refractivity contribution is 0.306. The molecule has 2 N–H and O–H groups in total. The Kier molecular flexibility index (Phi) is 3.95. The topological polar surface area (TPSA) is 35.2 Å². The number of benzene rings is 2. The highest BCUT2D eigenvalue weighted by atomic mass is 35.5. The normalized spacial score (nSPS) is 15.9. The van der Waals surface area contributed by atoms with Crippen LogP contribution in [0.2, 0.25) is 5.02 Å². The second kappa shape index (κ2) is 5.86. The van der Waals surface area contributed by atoms with Crippen molar-refractivity contribution in [2.75, 3.05) is 0 Å². The Balaban J connectivity index is 1.62. The van der Waals surface area contributed by atoms with Crippen LogP contribution in [-0.4, -0.2) is 0 Å². The van der Waals surface area contributed by atoms with Crippen molar-refractivity contribution >= 4 is 11.6 Å². The Bertz CT molecular complexity index is 578. The molecule has 3 heteroatoms. The Morgan fingerprint density at radius 1 is 1.10 bits per heavy atom. The summed E-state index contributed by atoms with van der Waals surface area (Å²) in [5.41, 5.74) is 8.36. The molecule has 2 aromatic rings. The third-order valence-electron chi connectivity index (χ3n) is 3.75. The van der Waals surface area contributed by atoms with Crippen LogP contribution in [0.25, 0.3) is 0 Å². The molecule has 1 atom stereocenters. The highest BCUT2D eigenvalue weighted by Crippen LogP contribution is 2.39. The molecule has 0 spiro atoms. The standard InChI is InChI=1S/C17H18ClNO/c18-16-4-2-1-3-14(16)11-20-15-9-7-13(8-10-15)17(19)12-5-6-12/h1-4,7-10,12,17H,5-6,11,19H2/t17-/m1/s1. The van der Waals surface area contributed by atoms with Crippen molar-refractivity contribution in [1.29, 1.82) is 0 Å². The smallest absolute Gasteiger partial charge is 0.119 e. The van der Waals surface area contributed by atoms with Gasteiger partial charge < -0.3 is 10.5 Å². The first kappa shape index (κ1) is 13.5. The van der Waals surface area contributed by atoms with Gasteiger partial charge in [-0.05, 0) is 42.5 Å². The molecule has 1 fully saturated rings. The molecule has 1 aliphatic carbocycles. The van der Waals surface area contributed by atoms with E-state index in [1.165, 1.54) is 18.4 Å². The Hall–Kier alpha value is -1.51. The summed E-state index contributed by atoms with van der Waals surface area (Å²) in [6.45, 7) is 0.480. The molecule has 0 heterocycles. The van der Waals surface area contributed by atoms with Crippen molar-refractivity contribution in [2.45, 2.75) is 25.5 Å². The van der Waals surface area contributed by atoms with E-state index in [1.807, 2.05) is 36.4 Å². The predicted molar refractivity (Wildman–Crippen MR) is 81.9 cm³/mol. The van der Waals surface area contributed by atoms with E-state index in [0.29, 0.717) is 12.5 Å². The molecule has 20 heavy (non-hydrogen) atoms. The second-order valence-electron chi connectivity index (χ2n) is 5.31. The van der Waals surface area contributed by atoms with E-state index < -0.39 is 0 Å². The van der Waals surface area contributed by atoms with Crippen LogP contribution in [-0.2, 0) is 6.61 Å². The summed E-state index contributed by atoms with van der Waals surface area (Å²) in [4.78, 5) is 0. The molecule has 0 radical (unpaired) electrons. The summed E-state index contributed by atoms with van der Waals surface area (Å²) in [5.74, 6) is 1.52. The summed E-state index contributed by atoms with van der Waals surface area (Å²) < 4.78 is 5.76. The van der Waals surface area contributed by atoms with Crippen LogP contribution < -0.4 is 10.5 Å². The molecule has 2 aromatic carbocycles. The van der Waals surface area contributed by atoms with Gasteiger partial charge in [0.1, 0.15) is 12.4 Å². The van der Waals surface area contributed by atoms with Crippen LogP contribution in [0.1, 0.15) is 30.0 Å². The highest BCUT2D eigenvalue weighted by molar-refractivity contribution is 6.31. The molecular weight excluding hydrogens is 270 g/mol. The first-order valence-corrected chi connectivity index (χ1v) is 7.33. The molecule has 2 nitrogen and oxygen atoms in total. The molecule has 1 aliphatic rings. The number of halogens is 1. The van der Waals surface area contributed by atoms with Crippen molar-refractivity contribution in [2.24, 2.45) is 11.7 Å². The maximum atomic E-state index is 6.18. The first-order chi connectivity index (χ1) is 9.74. The lowest BCUT2D eigenvalue weighted by Gasteiger charge is -2.12. The second-order valence-corrected chi connectivity index (χ2v) is 5.72. The van der Waals surface area contributed by atoms with E-state index in [1.54, 1.807) is 0 Å². The number of hydrogen-bond donors (Lipinski definition) is 1. The Morgan fingerprint density at radius 2 is 1.80 bits per heavy atom. The maximum Gasteiger partial charge on any atom is 0.119 e. The maximum absolute atomic E-state index is 6.18. The minimum absolute atomic E-state index is 0.174. The van der Waals surface area contributed by atoms with E-state index in [2.05, 4.69) is 12.1 Å². The van der Waals surface area contributed by atoms with Gasteiger partial charge in [-0.25, -0.2) is 0 Å². The van der Waals surface area contributed by atoms with Crippen LogP contribution in [0.4, 0.5) is 0 Å². The summed E-state index contributed by atoms with van der Waals surface area (Å²) >= 11 is 6.10. The number of rotatable bonds is 5. The van der Waals surface area contributed by atoms with Gasteiger partial charge in [0.15, 0.2) is 0 Å². The van der Waals surface area contributed by atoms with Crippen LogP contribution in [0.3, 0.4) is 0 Å². The van der Waals surface area contributed by atoms with Gasteiger partial charge in [0, 0.05) is 16.6 Å². The van der Waals surface area contributed by atoms with Gasteiger partial charge in [0.2, 0.25) is 0 Å². The molecule has 0 unspecified atom stereocenters. The molecule has 3 rings (SSSR count). The fourth-order valence-corrected chi connectivity index (χ4v) is 2.48. The van der Waals surface area contributed by atoms with Crippen molar-refractivity contribution in [3.63, 3.8) is 0 Å². The highest BCUT2D eigenvalue weighted by Gasteiger charge is 2.29. The van der Waals surface area contributed by atoms with Crippen LogP contribution in [0.15, 0.2) is 48.5 Å². The fourth-order valence-electron chi connectivity index (χ4n) is 2.29. The molecule has 0 amide bonds. The molecule has 0 aromatic heterocycles. The zero-order valence-corrected chi connectivity index (χ0v) is 12.0. The fraction of sp³-hybridized carbons (Fsp3) is 0.294. The lowest BCUT2D eigenvalue weighted by atomic mass is 10.0. The van der Waals surface area contributed by atoms with Crippen molar-refractivity contribution < 1.29 is 4.74 Å². The average Bonchev–Trinajstić information content (AvgIpc) is 3.31. The van der Waals surface area contributed by atoms with Gasteiger partial charge in [-0.3, -0.25) is 0 Å². The summed E-state index contributed by atoms with van der Waals surface area (Å²) in [5, 5.41) is 0.736. The Morgan fingerprint density at radius 3 is 2.45 bits per heavy atom. The van der Waals surface area contributed by atoms with E-state index >= 15 is 0 Å². The third kappa shape index (κ3) is 3.14. The van der Waals surface area contributed by atoms with E-state index in [0.717, 1.165) is 16.3 Å². The van der Waals surface area contributed by atoms with Gasteiger partial charge >= 0.3 is 0 Å². The molecule has 0 aliphatic heterocycles. The zero-order chi connectivity index (χ0) is 13.9. The molecule has 0 saturated heterocycles. The van der Waals surface area contributed by atoms with Crippen molar-refractivity contribution in [1.82, 2.24) is 0 Å². The quantitative estimate of drug-likeness (QED) is 0.888. The number of nitrogens with two attached hydrogens (primary N) is 1. The lowest BCUT2D eigenvalue weighted by Crippen LogP contribution is -2.12. The van der Waals surface area contributed by atoms with Gasteiger partial charge in [0.05, 0.1) is 0 Å². The largest absolute Gasteiger partial charge is 0.489 e. The first-order valence-electron chi connectivity index (χ1n) is 6.96. The summed E-state index contributed by atoms with van der Waals surface area (Å²) in [6.07, 6.45) is 2.51. The molecule has 1 saturated carbocycles. The van der Waals surface area contributed by atoms with Gasteiger partial charge in [-0.2, -0.15) is 0 Å². The Labute approximate surface area is 124 Å². The van der Waals surface area contributed by atoms with Gasteiger partial charge in [-0.1, -0.05) is 41.9 Å². The SMILES string of the molecule is N[C@@H](c1ccc(OCc2ccccc2Cl)cc1)C1CC1. The monoisotopic (exact) mass is 287 g/mol. The van der Waals surface area contributed by atoms with Crippen LogP contribution >= 0.6 is 11.6 Å². The minimum Gasteiger partial charge on any atom is -0.489 e. The van der Waals surface area contributed by atoms with Gasteiger partial charge in [0.25, 0.3) is 0 Å². The summed E-state index contributed by atoms with van der Waals surface area (Å²) in [7, 11) is 0. The predicted octanol–water partition coefficient (Wildman–Crippen LogP) is 4.33. The number of ether oxygens (including phenoxy) is 1. The van der Waals surface area contributed by atoms with Crippen LogP contribution in [0, 0.1) is 5.92 Å². The van der Waals surface area contributed by atoms with Crippen molar-refractivity contribution in [3.8, 4) is 5.75 Å². The van der Waals surface area contributed by atoms with E-state index in [-0.39, 0.29) is 6.04 Å². The van der Waals surface area contributed by atoms with Gasteiger partial charge in [-0.15, -0.1) is 0 Å². The molecule has 104 valence electrons. The molecular formula is C17H18ClNO. The summed E-state index contributed by atoms with van der Waals surface area (Å²) in [6, 6.07) is 16.0. The average molecular weight is 288 g/mol. The molecule has 0 bridgehead atoms. The van der Waals surface area contributed by atoms with E-state index in [4.69, 9.17) is 22.1 Å². The van der Waals surface area contributed by atoms with Crippen LogP contribution in [0.5, 0.6) is 5.75 Å². The minimum atomic E-state index is 0.174. The zero-order valence-electron chi connectivity index (χ0n) is 11.3. The number of hydrogen-bond acceptors (Lipinski definition) is 2.